The minimum atomic E-state index is -0.823. The van der Waals surface area contributed by atoms with Crippen LogP contribution < -0.4 is 0 Å². The smallest absolute Gasteiger partial charge is 0.307 e. The van der Waals surface area contributed by atoms with Crippen LogP contribution in [0.1, 0.15) is 31.1 Å². The van der Waals surface area contributed by atoms with E-state index in [1.165, 1.54) is 4.88 Å². The molecule has 1 amide bonds. The number of carboxylic acids is 1. The van der Waals surface area contributed by atoms with Gasteiger partial charge in [0.25, 0.3) is 0 Å². The van der Waals surface area contributed by atoms with E-state index in [0.29, 0.717) is 18.9 Å². The molecule has 1 heterocycles. The SMILES string of the molecule is CCC1C[C@H](C(=O)N(C)CCc2cccs2)[C@H](C(=O)O)C1. The number of rotatable bonds is 6. The predicted octanol–water partition coefficient (Wildman–Crippen LogP) is 2.89. The molecule has 0 bridgehead atoms. The number of aliphatic carboxylic acids is 1. The number of carboxylic acid groups (broad SMARTS) is 1. The Bertz CT molecular complexity index is 486. The first-order valence-electron chi connectivity index (χ1n) is 7.53. The third kappa shape index (κ3) is 3.84. The fourth-order valence-electron chi connectivity index (χ4n) is 3.15. The molecule has 0 radical (unpaired) electrons. The maximum absolute atomic E-state index is 12.5. The Hall–Kier alpha value is -1.36. The first-order chi connectivity index (χ1) is 10.0. The van der Waals surface area contributed by atoms with Crippen molar-refractivity contribution in [1.82, 2.24) is 4.90 Å². The molecule has 5 heteroatoms. The van der Waals surface area contributed by atoms with Crippen molar-refractivity contribution in [3.05, 3.63) is 22.4 Å². The van der Waals surface area contributed by atoms with Crippen LogP contribution in [0.2, 0.25) is 0 Å². The number of carbonyl (C=O) groups excluding carboxylic acids is 1. The van der Waals surface area contributed by atoms with E-state index in [1.807, 2.05) is 11.4 Å². The Morgan fingerprint density at radius 3 is 2.67 bits per heavy atom. The van der Waals surface area contributed by atoms with Crippen LogP contribution in [-0.2, 0) is 16.0 Å². The second-order valence-corrected chi connectivity index (χ2v) is 6.92. The molecule has 1 N–H and O–H groups in total. The van der Waals surface area contributed by atoms with E-state index >= 15 is 0 Å². The molecule has 1 fully saturated rings. The van der Waals surface area contributed by atoms with Gasteiger partial charge >= 0.3 is 5.97 Å². The van der Waals surface area contributed by atoms with Gasteiger partial charge in [-0.2, -0.15) is 0 Å². The summed E-state index contributed by atoms with van der Waals surface area (Å²) in [5.41, 5.74) is 0. The summed E-state index contributed by atoms with van der Waals surface area (Å²) in [6.45, 7) is 2.72. The second kappa shape index (κ2) is 7.07. The Kier molecular flexibility index (Phi) is 5.39. The number of hydrogen-bond acceptors (Lipinski definition) is 3. The normalized spacial score (nSPS) is 25.0. The van der Waals surface area contributed by atoms with Crippen LogP contribution in [0.15, 0.2) is 17.5 Å². The third-order valence-electron chi connectivity index (χ3n) is 4.52. The molecule has 1 aromatic heterocycles. The van der Waals surface area contributed by atoms with Crippen LogP contribution in [0.3, 0.4) is 0 Å². The zero-order valence-electron chi connectivity index (χ0n) is 12.6. The highest BCUT2D eigenvalue weighted by molar-refractivity contribution is 7.09. The maximum Gasteiger partial charge on any atom is 0.307 e. The molecule has 1 unspecified atom stereocenters. The minimum absolute atomic E-state index is 0.00472. The molecule has 0 spiro atoms. The standard InChI is InChI=1S/C16H23NO3S/c1-3-11-9-13(14(10-11)16(19)20)15(18)17(2)7-6-12-5-4-8-21-12/h4-5,8,11,13-14H,3,6-7,9-10H2,1-2H3,(H,19,20)/t11?,13-,14+/m0/s1. The van der Waals surface area contributed by atoms with Gasteiger partial charge in [0, 0.05) is 18.5 Å². The third-order valence-corrected chi connectivity index (χ3v) is 5.46. The first-order valence-corrected chi connectivity index (χ1v) is 8.41. The average Bonchev–Trinajstić information content (AvgIpc) is 3.12. The summed E-state index contributed by atoms with van der Waals surface area (Å²) in [6, 6.07) is 4.07. The van der Waals surface area contributed by atoms with Crippen molar-refractivity contribution in [2.45, 2.75) is 32.6 Å². The fourth-order valence-corrected chi connectivity index (χ4v) is 3.85. The van der Waals surface area contributed by atoms with Gasteiger partial charge in [0.2, 0.25) is 5.91 Å². The molecule has 3 atom stereocenters. The van der Waals surface area contributed by atoms with Crippen LogP contribution in [0.25, 0.3) is 0 Å². The van der Waals surface area contributed by atoms with Gasteiger partial charge in [-0.05, 0) is 36.6 Å². The number of carbonyl (C=O) groups is 2. The summed E-state index contributed by atoms with van der Waals surface area (Å²) < 4.78 is 0. The second-order valence-electron chi connectivity index (χ2n) is 5.89. The highest BCUT2D eigenvalue weighted by atomic mass is 32.1. The number of amides is 1. The van der Waals surface area contributed by atoms with Gasteiger partial charge in [-0.3, -0.25) is 9.59 Å². The van der Waals surface area contributed by atoms with Gasteiger partial charge < -0.3 is 10.0 Å². The van der Waals surface area contributed by atoms with Gasteiger partial charge in [0.1, 0.15) is 0 Å². The fraction of sp³-hybridized carbons (Fsp3) is 0.625. The lowest BCUT2D eigenvalue weighted by Gasteiger charge is -2.23. The molecule has 1 aliphatic rings. The van der Waals surface area contributed by atoms with Gasteiger partial charge in [-0.1, -0.05) is 19.4 Å². The van der Waals surface area contributed by atoms with Crippen LogP contribution in [0, 0.1) is 17.8 Å². The molecular formula is C16H23NO3S. The molecule has 116 valence electrons. The highest BCUT2D eigenvalue weighted by Gasteiger charge is 2.42. The Labute approximate surface area is 129 Å². The van der Waals surface area contributed by atoms with Crippen LogP contribution in [0.5, 0.6) is 0 Å². The lowest BCUT2D eigenvalue weighted by molar-refractivity contribution is -0.148. The highest BCUT2D eigenvalue weighted by Crippen LogP contribution is 2.39. The largest absolute Gasteiger partial charge is 0.481 e. The summed E-state index contributed by atoms with van der Waals surface area (Å²) >= 11 is 1.69. The van der Waals surface area contributed by atoms with Gasteiger partial charge in [0.15, 0.2) is 0 Å². The van der Waals surface area contributed by atoms with E-state index < -0.39 is 11.9 Å². The average molecular weight is 309 g/mol. The Morgan fingerprint density at radius 1 is 1.38 bits per heavy atom. The van der Waals surface area contributed by atoms with E-state index in [2.05, 4.69) is 13.0 Å². The van der Waals surface area contributed by atoms with Gasteiger partial charge in [0.05, 0.1) is 11.8 Å². The van der Waals surface area contributed by atoms with Crippen molar-refractivity contribution in [3.63, 3.8) is 0 Å². The monoisotopic (exact) mass is 309 g/mol. The van der Waals surface area contributed by atoms with E-state index in [9.17, 15) is 14.7 Å². The number of thiophene rings is 1. The van der Waals surface area contributed by atoms with Crippen molar-refractivity contribution in [1.29, 1.82) is 0 Å². The summed E-state index contributed by atoms with van der Waals surface area (Å²) in [4.78, 5) is 26.9. The Balaban J connectivity index is 1.95. The minimum Gasteiger partial charge on any atom is -0.481 e. The topological polar surface area (TPSA) is 57.6 Å². The van der Waals surface area contributed by atoms with Crippen LogP contribution >= 0.6 is 11.3 Å². The molecule has 1 saturated carbocycles. The molecule has 0 aromatic carbocycles. The lowest BCUT2D eigenvalue weighted by atomic mass is 9.95. The van der Waals surface area contributed by atoms with E-state index in [-0.39, 0.29) is 11.8 Å². The first kappa shape index (κ1) is 16.0. The molecule has 4 nitrogen and oxygen atoms in total. The summed E-state index contributed by atoms with van der Waals surface area (Å²) in [6.07, 6.45) is 3.14. The van der Waals surface area contributed by atoms with E-state index in [1.54, 1.807) is 23.3 Å². The summed E-state index contributed by atoms with van der Waals surface area (Å²) in [7, 11) is 1.79. The van der Waals surface area contributed by atoms with Crippen molar-refractivity contribution in [2.75, 3.05) is 13.6 Å². The van der Waals surface area contributed by atoms with Crippen molar-refractivity contribution < 1.29 is 14.7 Å². The van der Waals surface area contributed by atoms with Crippen molar-refractivity contribution >= 4 is 23.2 Å². The molecule has 0 aliphatic heterocycles. The van der Waals surface area contributed by atoms with E-state index in [4.69, 9.17) is 0 Å². The Morgan fingerprint density at radius 2 is 2.10 bits per heavy atom. The van der Waals surface area contributed by atoms with E-state index in [0.717, 1.165) is 19.3 Å². The lowest BCUT2D eigenvalue weighted by Crippen LogP contribution is -2.37. The number of likely N-dealkylation sites (N-methyl/N-ethyl adjacent to an activating group) is 1. The van der Waals surface area contributed by atoms with Crippen LogP contribution in [0.4, 0.5) is 0 Å². The van der Waals surface area contributed by atoms with Crippen molar-refractivity contribution in [2.24, 2.45) is 17.8 Å². The number of hydrogen-bond donors (Lipinski definition) is 1. The van der Waals surface area contributed by atoms with Crippen molar-refractivity contribution in [3.8, 4) is 0 Å². The summed E-state index contributed by atoms with van der Waals surface area (Å²) in [5, 5.41) is 11.4. The molecule has 21 heavy (non-hydrogen) atoms. The maximum atomic E-state index is 12.5. The summed E-state index contributed by atoms with van der Waals surface area (Å²) in [5.74, 6) is -1.32. The number of nitrogens with zero attached hydrogens (tertiary/aromatic N) is 1. The zero-order chi connectivity index (χ0) is 15.4. The zero-order valence-corrected chi connectivity index (χ0v) is 13.4. The quantitative estimate of drug-likeness (QED) is 0.879. The molecule has 1 aliphatic carbocycles. The predicted molar refractivity (Wildman–Crippen MR) is 83.3 cm³/mol. The van der Waals surface area contributed by atoms with Crippen LogP contribution in [-0.4, -0.2) is 35.5 Å². The molecule has 2 rings (SSSR count). The molecular weight excluding hydrogens is 286 g/mol. The molecule has 1 aromatic rings. The van der Waals surface area contributed by atoms with Gasteiger partial charge in [-0.15, -0.1) is 11.3 Å². The molecule has 0 saturated heterocycles. The van der Waals surface area contributed by atoms with Gasteiger partial charge in [-0.25, -0.2) is 0 Å².